The number of nitrogens with zero attached hydrogens (tertiary/aromatic N) is 2. The van der Waals surface area contributed by atoms with Crippen molar-refractivity contribution in [3.05, 3.63) is 113 Å². The highest BCUT2D eigenvalue weighted by Crippen LogP contribution is 2.25. The van der Waals surface area contributed by atoms with Crippen LogP contribution in [0.3, 0.4) is 0 Å². The van der Waals surface area contributed by atoms with Gasteiger partial charge in [-0.3, -0.25) is 4.79 Å². The van der Waals surface area contributed by atoms with Crippen LogP contribution >= 0.6 is 11.6 Å². The van der Waals surface area contributed by atoms with E-state index in [1.807, 2.05) is 12.1 Å². The molecule has 37 heavy (non-hydrogen) atoms. The number of rotatable bonds is 6. The Morgan fingerprint density at radius 2 is 1.73 bits per heavy atom. The molecule has 5 aromatic rings. The van der Waals surface area contributed by atoms with E-state index in [-0.39, 0.29) is 18.1 Å². The van der Waals surface area contributed by atoms with E-state index in [9.17, 15) is 18.7 Å². The monoisotopic (exact) mass is 520 g/mol. The van der Waals surface area contributed by atoms with Crippen LogP contribution in [0.2, 0.25) is 5.02 Å². The lowest BCUT2D eigenvalue weighted by atomic mass is 10.0. The molecule has 3 aromatic carbocycles. The Hall–Kier alpha value is -4.30. The number of benzene rings is 3. The third kappa shape index (κ3) is 6.89. The Kier molecular flexibility index (Phi) is 8.10. The highest BCUT2D eigenvalue weighted by atomic mass is 35.5. The number of phenols is 1. The van der Waals surface area contributed by atoms with Crippen molar-refractivity contribution in [1.82, 2.24) is 15.0 Å². The summed E-state index contributed by atoms with van der Waals surface area (Å²) in [7, 11) is 0. The van der Waals surface area contributed by atoms with Crippen LogP contribution in [-0.2, 0) is 24.1 Å². The molecule has 4 N–H and O–H groups in total. The van der Waals surface area contributed by atoms with Gasteiger partial charge in [0.15, 0.2) is 0 Å². The fraction of sp³-hybridized carbons (Fsp3) is 0.107. The van der Waals surface area contributed by atoms with E-state index in [1.165, 1.54) is 18.5 Å². The number of primary amides is 1. The van der Waals surface area contributed by atoms with E-state index in [0.29, 0.717) is 23.4 Å². The average Bonchev–Trinajstić information content (AvgIpc) is 3.24. The fourth-order valence-corrected chi connectivity index (χ4v) is 4.07. The Balaban J connectivity index is 0.000000195. The third-order valence-electron chi connectivity index (χ3n) is 5.64. The first-order chi connectivity index (χ1) is 17.8. The minimum Gasteiger partial charge on any atom is -0.508 e. The Morgan fingerprint density at radius 1 is 1.00 bits per heavy atom. The van der Waals surface area contributed by atoms with Gasteiger partial charge in [-0.25, -0.2) is 18.7 Å². The Bertz CT molecular complexity index is 1520. The zero-order valence-corrected chi connectivity index (χ0v) is 20.3. The summed E-state index contributed by atoms with van der Waals surface area (Å²) in [6.07, 6.45) is 6.17. The highest BCUT2D eigenvalue weighted by Gasteiger charge is 2.09. The topological polar surface area (TPSA) is 105 Å². The molecule has 9 heteroatoms. The Morgan fingerprint density at radius 3 is 2.43 bits per heavy atom. The first kappa shape index (κ1) is 25.8. The largest absolute Gasteiger partial charge is 0.508 e. The fourth-order valence-electron chi connectivity index (χ4n) is 3.94. The van der Waals surface area contributed by atoms with Gasteiger partial charge in [-0.15, -0.1) is 0 Å². The molecule has 0 aliphatic rings. The number of aromatic nitrogens is 3. The van der Waals surface area contributed by atoms with Gasteiger partial charge < -0.3 is 15.8 Å². The molecule has 0 bridgehead atoms. The average molecular weight is 521 g/mol. The van der Waals surface area contributed by atoms with Crippen molar-refractivity contribution < 1.29 is 18.7 Å². The zero-order valence-electron chi connectivity index (χ0n) is 19.6. The van der Waals surface area contributed by atoms with Crippen LogP contribution in [0, 0.1) is 11.6 Å². The van der Waals surface area contributed by atoms with Crippen molar-refractivity contribution >= 4 is 28.4 Å². The maximum atomic E-state index is 13.3. The summed E-state index contributed by atoms with van der Waals surface area (Å²) in [6, 6.07) is 15.9. The second kappa shape index (κ2) is 11.6. The normalized spacial score (nSPS) is 10.7. The summed E-state index contributed by atoms with van der Waals surface area (Å²) < 4.78 is 26.5. The molecular weight excluding hydrogens is 498 g/mol. The van der Waals surface area contributed by atoms with Gasteiger partial charge in [0, 0.05) is 39.9 Å². The zero-order chi connectivity index (χ0) is 26.4. The van der Waals surface area contributed by atoms with E-state index in [4.69, 9.17) is 17.3 Å². The van der Waals surface area contributed by atoms with Gasteiger partial charge in [0.2, 0.25) is 5.91 Å². The molecule has 0 radical (unpaired) electrons. The molecule has 188 valence electrons. The number of carbonyl (C=O) groups is 1. The summed E-state index contributed by atoms with van der Waals surface area (Å²) in [4.78, 5) is 22.1. The van der Waals surface area contributed by atoms with Gasteiger partial charge >= 0.3 is 0 Å². The molecule has 2 aromatic heterocycles. The first-order valence-electron chi connectivity index (χ1n) is 11.4. The number of aromatic amines is 1. The van der Waals surface area contributed by atoms with Crippen LogP contribution in [0.5, 0.6) is 5.75 Å². The predicted octanol–water partition coefficient (Wildman–Crippen LogP) is 5.76. The minimum absolute atomic E-state index is 0.183. The number of phenolic OH excluding ortho intramolecular Hbond substituents is 1. The molecular formula is C28H23ClF2N4O2. The quantitative estimate of drug-likeness (QED) is 0.264. The van der Waals surface area contributed by atoms with Gasteiger partial charge in [-0.05, 0) is 72.0 Å². The molecule has 0 aliphatic carbocycles. The summed E-state index contributed by atoms with van der Waals surface area (Å²) in [5, 5.41) is 10.8. The molecule has 2 heterocycles. The molecule has 5 rings (SSSR count). The standard InChI is InChI=1S/C18H13ClF2N2.C10H10N2O2/c19-14-4-2-13(3-5-14)17-10-22-11-23-18(17)6-1-12-7-15(20)9-16(21)8-12;11-10(14)3-6-5-12-9-2-1-7(13)4-8(6)9/h2-5,7-11H,1,6H2;1-2,4-5,12-13H,3H2,(H2,11,14). The third-order valence-corrected chi connectivity index (χ3v) is 5.89. The molecule has 0 unspecified atom stereocenters. The molecule has 0 saturated carbocycles. The van der Waals surface area contributed by atoms with Crippen LogP contribution in [0.15, 0.2) is 79.4 Å². The predicted molar refractivity (Wildman–Crippen MR) is 139 cm³/mol. The highest BCUT2D eigenvalue weighted by molar-refractivity contribution is 6.30. The number of H-pyrrole nitrogens is 1. The minimum atomic E-state index is -0.569. The summed E-state index contributed by atoms with van der Waals surface area (Å²) >= 11 is 5.91. The number of aryl methyl sites for hydroxylation is 2. The van der Waals surface area contributed by atoms with Crippen LogP contribution in [0.25, 0.3) is 22.0 Å². The van der Waals surface area contributed by atoms with Gasteiger partial charge in [-0.1, -0.05) is 23.7 Å². The number of nitrogens with one attached hydrogen (secondary N) is 1. The number of amides is 1. The molecule has 0 fully saturated rings. The molecule has 1 amide bonds. The summed E-state index contributed by atoms with van der Waals surface area (Å²) in [5.41, 5.74) is 10.1. The Labute approximate surface area is 216 Å². The smallest absolute Gasteiger partial charge is 0.221 e. The van der Waals surface area contributed by atoms with Crippen molar-refractivity contribution in [1.29, 1.82) is 0 Å². The van der Waals surface area contributed by atoms with Crippen molar-refractivity contribution in [2.45, 2.75) is 19.3 Å². The molecule has 0 aliphatic heterocycles. The van der Waals surface area contributed by atoms with E-state index >= 15 is 0 Å². The van der Waals surface area contributed by atoms with Crippen LogP contribution < -0.4 is 5.73 Å². The lowest BCUT2D eigenvalue weighted by Crippen LogP contribution is -2.13. The van der Waals surface area contributed by atoms with Crippen molar-refractivity contribution in [2.75, 3.05) is 0 Å². The number of halogens is 3. The SMILES string of the molecule is Fc1cc(F)cc(CCc2ncncc2-c2ccc(Cl)cc2)c1.NC(=O)Cc1c[nH]c2ccc(O)cc12. The molecule has 0 atom stereocenters. The van der Waals surface area contributed by atoms with Gasteiger partial charge in [0.25, 0.3) is 0 Å². The second-order valence-corrected chi connectivity index (χ2v) is 8.79. The van der Waals surface area contributed by atoms with Crippen molar-refractivity contribution in [3.63, 3.8) is 0 Å². The van der Waals surface area contributed by atoms with Crippen LogP contribution in [0.4, 0.5) is 8.78 Å². The lowest BCUT2D eigenvalue weighted by molar-refractivity contribution is -0.117. The van der Waals surface area contributed by atoms with Gasteiger partial charge in [0.05, 0.1) is 12.1 Å². The van der Waals surface area contributed by atoms with Crippen molar-refractivity contribution in [3.8, 4) is 16.9 Å². The number of aromatic hydroxyl groups is 1. The summed E-state index contributed by atoms with van der Waals surface area (Å²) in [5.74, 6) is -1.33. The van der Waals surface area contributed by atoms with E-state index in [0.717, 1.165) is 39.4 Å². The maximum absolute atomic E-state index is 13.3. The number of fused-ring (bicyclic) bond motifs is 1. The molecule has 6 nitrogen and oxygen atoms in total. The van der Waals surface area contributed by atoms with Crippen LogP contribution in [-0.4, -0.2) is 26.0 Å². The van der Waals surface area contributed by atoms with Crippen LogP contribution in [0.1, 0.15) is 16.8 Å². The second-order valence-electron chi connectivity index (χ2n) is 8.35. The van der Waals surface area contributed by atoms with E-state index in [1.54, 1.807) is 42.7 Å². The van der Waals surface area contributed by atoms with E-state index in [2.05, 4.69) is 15.0 Å². The van der Waals surface area contributed by atoms with Crippen molar-refractivity contribution in [2.24, 2.45) is 5.73 Å². The van der Waals surface area contributed by atoms with E-state index < -0.39 is 11.6 Å². The number of nitrogens with two attached hydrogens (primary N) is 1. The first-order valence-corrected chi connectivity index (χ1v) is 11.7. The number of hydrogen-bond acceptors (Lipinski definition) is 4. The number of carbonyl (C=O) groups excluding carboxylic acids is 1. The maximum Gasteiger partial charge on any atom is 0.221 e. The molecule has 0 spiro atoms. The van der Waals surface area contributed by atoms with Gasteiger partial charge in [0.1, 0.15) is 23.7 Å². The molecule has 0 saturated heterocycles. The lowest BCUT2D eigenvalue weighted by Gasteiger charge is -2.08. The number of hydrogen-bond donors (Lipinski definition) is 3. The summed E-state index contributed by atoms with van der Waals surface area (Å²) in [6.45, 7) is 0. The van der Waals surface area contributed by atoms with Gasteiger partial charge in [-0.2, -0.15) is 0 Å².